The topological polar surface area (TPSA) is 81.8 Å². The third-order valence-corrected chi connectivity index (χ3v) is 1.92. The van der Waals surface area contributed by atoms with Crippen LogP contribution < -0.4 is 5.90 Å². The molecule has 1 rings (SSSR count). The van der Waals surface area contributed by atoms with Crippen LogP contribution in [-0.2, 0) is 14.4 Å². The molecule has 0 unspecified atom stereocenters. The Bertz CT molecular complexity index is 153. The van der Waals surface area contributed by atoms with Crippen molar-refractivity contribution < 1.29 is 19.5 Å². The minimum absolute atomic E-state index is 0.318. The lowest BCUT2D eigenvalue weighted by atomic mass is 9.95. The van der Waals surface area contributed by atoms with Crippen LogP contribution in [0.1, 0.15) is 12.8 Å². The van der Waals surface area contributed by atoms with Gasteiger partial charge in [0, 0.05) is 26.1 Å². The lowest BCUT2D eigenvalue weighted by Gasteiger charge is -2.30. The number of hydrogen-bond acceptors (Lipinski definition) is 4. The van der Waals surface area contributed by atoms with E-state index in [-0.39, 0.29) is 0 Å². The summed E-state index contributed by atoms with van der Waals surface area (Å²) in [5.74, 6) is 3.89. The fourth-order valence-electron chi connectivity index (χ4n) is 1.08. The van der Waals surface area contributed by atoms with E-state index in [1.54, 1.807) is 0 Å². The molecular weight excluding hydrogens is 150 g/mol. The monoisotopic (exact) mass is 161 g/mol. The summed E-state index contributed by atoms with van der Waals surface area (Å²) in [7, 11) is 0. The molecule has 1 saturated heterocycles. The van der Waals surface area contributed by atoms with Gasteiger partial charge in [-0.3, -0.25) is 4.84 Å². The Morgan fingerprint density at radius 2 is 2.09 bits per heavy atom. The summed E-state index contributed by atoms with van der Waals surface area (Å²) >= 11 is 0. The molecule has 64 valence electrons. The third kappa shape index (κ3) is 1.50. The van der Waals surface area contributed by atoms with E-state index in [1.165, 1.54) is 0 Å². The molecule has 0 amide bonds. The van der Waals surface area contributed by atoms with Gasteiger partial charge in [0.2, 0.25) is 0 Å². The van der Waals surface area contributed by atoms with Crippen molar-refractivity contribution in [1.82, 2.24) is 0 Å². The molecule has 5 nitrogen and oxygen atoms in total. The zero-order chi connectivity index (χ0) is 8.32. The summed E-state index contributed by atoms with van der Waals surface area (Å²) in [6.45, 7) is 0.785. The van der Waals surface area contributed by atoms with E-state index < -0.39 is 11.6 Å². The Morgan fingerprint density at radius 1 is 1.55 bits per heavy atom. The van der Waals surface area contributed by atoms with Gasteiger partial charge in [0.15, 0.2) is 5.60 Å². The van der Waals surface area contributed by atoms with Gasteiger partial charge in [-0.2, -0.15) is 0 Å². The Balaban J connectivity index is 2.64. The predicted molar refractivity (Wildman–Crippen MR) is 35.7 cm³/mol. The first-order valence-corrected chi connectivity index (χ1v) is 3.40. The van der Waals surface area contributed by atoms with Crippen LogP contribution in [0.5, 0.6) is 0 Å². The number of carboxylic acid groups (broad SMARTS) is 1. The number of hydrogen-bond donors (Lipinski definition) is 2. The largest absolute Gasteiger partial charge is 0.479 e. The number of aliphatic carboxylic acids is 1. The smallest absolute Gasteiger partial charge is 0.338 e. The normalized spacial score (nSPS) is 23.0. The van der Waals surface area contributed by atoms with Crippen molar-refractivity contribution in [3.05, 3.63) is 0 Å². The molecule has 0 aromatic heterocycles. The van der Waals surface area contributed by atoms with Crippen LogP contribution in [0.4, 0.5) is 0 Å². The molecular formula is C6H11NO4. The van der Waals surface area contributed by atoms with Crippen molar-refractivity contribution in [2.75, 3.05) is 13.2 Å². The highest BCUT2D eigenvalue weighted by molar-refractivity contribution is 5.77. The summed E-state index contributed by atoms with van der Waals surface area (Å²) in [5.41, 5.74) is -1.21. The summed E-state index contributed by atoms with van der Waals surface area (Å²) in [6.07, 6.45) is 0.637. The molecule has 1 heterocycles. The van der Waals surface area contributed by atoms with Crippen molar-refractivity contribution in [2.45, 2.75) is 18.4 Å². The first kappa shape index (κ1) is 8.45. The first-order chi connectivity index (χ1) is 5.21. The van der Waals surface area contributed by atoms with Crippen LogP contribution in [-0.4, -0.2) is 29.9 Å². The summed E-state index contributed by atoms with van der Waals surface area (Å²) in [4.78, 5) is 15.1. The van der Waals surface area contributed by atoms with Gasteiger partial charge in [0.25, 0.3) is 0 Å². The zero-order valence-corrected chi connectivity index (χ0v) is 6.08. The van der Waals surface area contributed by atoms with Crippen LogP contribution in [0.2, 0.25) is 0 Å². The summed E-state index contributed by atoms with van der Waals surface area (Å²) in [5, 5.41) is 8.73. The van der Waals surface area contributed by atoms with Crippen molar-refractivity contribution >= 4 is 5.97 Å². The van der Waals surface area contributed by atoms with Crippen molar-refractivity contribution in [1.29, 1.82) is 0 Å². The van der Waals surface area contributed by atoms with E-state index in [1.807, 2.05) is 0 Å². The maximum atomic E-state index is 10.6. The first-order valence-electron chi connectivity index (χ1n) is 3.40. The Kier molecular flexibility index (Phi) is 2.43. The number of carbonyl (C=O) groups is 1. The summed E-state index contributed by atoms with van der Waals surface area (Å²) < 4.78 is 4.98. The molecule has 1 fully saturated rings. The highest BCUT2D eigenvalue weighted by atomic mass is 16.6. The highest BCUT2D eigenvalue weighted by Crippen LogP contribution is 2.23. The van der Waals surface area contributed by atoms with Crippen molar-refractivity contribution in [3.8, 4) is 0 Å². The molecule has 3 N–H and O–H groups in total. The Labute approximate surface area is 64.0 Å². The van der Waals surface area contributed by atoms with Crippen LogP contribution in [0, 0.1) is 0 Å². The second kappa shape index (κ2) is 3.17. The van der Waals surface area contributed by atoms with E-state index in [0.29, 0.717) is 26.1 Å². The van der Waals surface area contributed by atoms with Gasteiger partial charge in [-0.25, -0.2) is 10.7 Å². The quantitative estimate of drug-likeness (QED) is 0.534. The van der Waals surface area contributed by atoms with Crippen molar-refractivity contribution in [2.24, 2.45) is 5.90 Å². The Morgan fingerprint density at radius 3 is 2.36 bits per heavy atom. The second-order valence-corrected chi connectivity index (χ2v) is 2.53. The average molecular weight is 161 g/mol. The molecule has 1 aliphatic rings. The molecule has 0 aromatic rings. The van der Waals surface area contributed by atoms with Crippen LogP contribution >= 0.6 is 0 Å². The lowest BCUT2D eigenvalue weighted by molar-refractivity contribution is -0.179. The van der Waals surface area contributed by atoms with Crippen LogP contribution in [0.15, 0.2) is 0 Å². The molecule has 5 heteroatoms. The number of nitrogens with two attached hydrogens (primary N) is 1. The second-order valence-electron chi connectivity index (χ2n) is 2.53. The molecule has 0 saturated carbocycles. The molecule has 0 atom stereocenters. The van der Waals surface area contributed by atoms with Gasteiger partial charge in [0.05, 0.1) is 0 Å². The maximum absolute atomic E-state index is 10.6. The number of rotatable bonds is 2. The number of carboxylic acids is 1. The SMILES string of the molecule is NOC1(C(=O)O)CCOCC1. The highest BCUT2D eigenvalue weighted by Gasteiger charge is 2.41. The van der Waals surface area contributed by atoms with E-state index in [9.17, 15) is 4.79 Å². The Hall–Kier alpha value is -0.650. The summed E-state index contributed by atoms with van der Waals surface area (Å²) in [6, 6.07) is 0. The fraction of sp³-hybridized carbons (Fsp3) is 0.833. The van der Waals surface area contributed by atoms with E-state index >= 15 is 0 Å². The van der Waals surface area contributed by atoms with Gasteiger partial charge in [0.1, 0.15) is 0 Å². The van der Waals surface area contributed by atoms with Gasteiger partial charge in [-0.15, -0.1) is 0 Å². The van der Waals surface area contributed by atoms with E-state index in [2.05, 4.69) is 4.84 Å². The lowest BCUT2D eigenvalue weighted by Crippen LogP contribution is -2.48. The zero-order valence-electron chi connectivity index (χ0n) is 6.08. The standard InChI is InChI=1S/C6H11NO4/c7-11-6(5(8)9)1-3-10-4-2-6/h1-4,7H2,(H,8,9). The minimum Gasteiger partial charge on any atom is -0.479 e. The molecule has 0 spiro atoms. The third-order valence-electron chi connectivity index (χ3n) is 1.92. The molecule has 0 aromatic carbocycles. The average Bonchev–Trinajstić information content (AvgIpc) is 2.05. The molecule has 0 bridgehead atoms. The minimum atomic E-state index is -1.21. The molecule has 11 heavy (non-hydrogen) atoms. The van der Waals surface area contributed by atoms with Gasteiger partial charge in [-0.05, 0) is 0 Å². The molecule has 0 aliphatic carbocycles. The number of ether oxygens (including phenoxy) is 1. The van der Waals surface area contributed by atoms with Gasteiger partial charge >= 0.3 is 5.97 Å². The van der Waals surface area contributed by atoms with Crippen LogP contribution in [0.25, 0.3) is 0 Å². The molecule has 0 radical (unpaired) electrons. The van der Waals surface area contributed by atoms with Crippen LogP contribution in [0.3, 0.4) is 0 Å². The molecule has 1 aliphatic heterocycles. The van der Waals surface area contributed by atoms with E-state index in [4.69, 9.17) is 15.7 Å². The maximum Gasteiger partial charge on any atom is 0.338 e. The van der Waals surface area contributed by atoms with E-state index in [0.717, 1.165) is 0 Å². The predicted octanol–water partition coefficient (Wildman–Crippen LogP) is -0.490. The van der Waals surface area contributed by atoms with Gasteiger partial charge < -0.3 is 9.84 Å². The fourth-order valence-corrected chi connectivity index (χ4v) is 1.08. The van der Waals surface area contributed by atoms with Gasteiger partial charge in [-0.1, -0.05) is 0 Å². The van der Waals surface area contributed by atoms with Crippen molar-refractivity contribution in [3.63, 3.8) is 0 Å².